The number of aromatic nitrogens is 3. The summed E-state index contributed by atoms with van der Waals surface area (Å²) in [5.74, 6) is 0.742. The molecule has 2 aromatic heterocycles. The molecule has 0 spiro atoms. The number of fused-ring (bicyclic) bond motifs is 1. The first kappa shape index (κ1) is 24.8. The number of benzene rings is 3. The first-order valence-corrected chi connectivity index (χ1v) is 12.7. The van der Waals surface area contributed by atoms with Crippen molar-refractivity contribution < 1.29 is 9.90 Å². The van der Waals surface area contributed by atoms with Crippen molar-refractivity contribution >= 4 is 50.6 Å². The molecule has 1 amide bonds. The van der Waals surface area contributed by atoms with Gasteiger partial charge in [0.05, 0.1) is 22.8 Å². The number of phenolic OH excluding ortho intramolecular Hbond substituents is 1. The zero-order valence-electron chi connectivity index (χ0n) is 19.9. The summed E-state index contributed by atoms with van der Waals surface area (Å²) in [4.78, 5) is 17.3. The van der Waals surface area contributed by atoms with Gasteiger partial charge in [0, 0.05) is 28.9 Å². The van der Waals surface area contributed by atoms with E-state index in [0.29, 0.717) is 40.0 Å². The lowest BCUT2D eigenvalue weighted by Gasteiger charge is -2.13. The summed E-state index contributed by atoms with van der Waals surface area (Å²) in [6, 6.07) is 22.2. The molecule has 0 aliphatic rings. The zero-order valence-corrected chi connectivity index (χ0v) is 22.2. The highest BCUT2D eigenvalue weighted by molar-refractivity contribution is 9.10. The fourth-order valence-electron chi connectivity index (χ4n) is 3.98. The predicted molar refractivity (Wildman–Crippen MR) is 150 cm³/mol. The molecule has 0 radical (unpaired) electrons. The molecule has 3 N–H and O–H groups in total. The maximum Gasteiger partial charge on any atom is 0.228 e. The topological polar surface area (TPSA) is 91.5 Å². The van der Waals surface area contributed by atoms with E-state index in [9.17, 15) is 9.90 Å². The summed E-state index contributed by atoms with van der Waals surface area (Å²) in [6.45, 7) is 2.41. The summed E-state index contributed by atoms with van der Waals surface area (Å²) >= 11 is 9.69. The van der Waals surface area contributed by atoms with Crippen LogP contribution in [0.15, 0.2) is 83.5 Å². The van der Waals surface area contributed by atoms with E-state index in [-0.39, 0.29) is 18.1 Å². The van der Waals surface area contributed by atoms with Crippen molar-refractivity contribution in [2.24, 2.45) is 0 Å². The SMILES string of the molecule is Cc1ccc(CC(=O)Nc2cccc(CNc3cc(-c4ccccc4O)nc4c(Br)cnn34)c2)cc1Cl. The van der Waals surface area contributed by atoms with Crippen LogP contribution < -0.4 is 10.6 Å². The Hall–Kier alpha value is -3.88. The van der Waals surface area contributed by atoms with Gasteiger partial charge in [-0.3, -0.25) is 4.79 Å². The largest absolute Gasteiger partial charge is 0.507 e. The minimum Gasteiger partial charge on any atom is -0.507 e. The van der Waals surface area contributed by atoms with E-state index in [0.717, 1.165) is 21.2 Å². The molecule has 0 aliphatic carbocycles. The molecule has 5 rings (SSSR count). The number of para-hydroxylation sites is 1. The van der Waals surface area contributed by atoms with Crippen molar-refractivity contribution in [3.63, 3.8) is 0 Å². The Labute approximate surface area is 227 Å². The van der Waals surface area contributed by atoms with E-state index in [1.807, 2.05) is 67.6 Å². The van der Waals surface area contributed by atoms with Crippen molar-refractivity contribution in [3.05, 3.63) is 105 Å². The molecular weight excluding hydrogens is 554 g/mol. The quantitative estimate of drug-likeness (QED) is 0.203. The average molecular weight is 577 g/mol. The van der Waals surface area contributed by atoms with Gasteiger partial charge in [0.25, 0.3) is 0 Å². The third kappa shape index (κ3) is 5.60. The lowest BCUT2D eigenvalue weighted by molar-refractivity contribution is -0.115. The summed E-state index contributed by atoms with van der Waals surface area (Å²) in [7, 11) is 0. The van der Waals surface area contributed by atoms with Crippen LogP contribution >= 0.6 is 27.5 Å². The number of aromatic hydroxyl groups is 1. The molecule has 186 valence electrons. The van der Waals surface area contributed by atoms with Crippen LogP contribution in [-0.2, 0) is 17.8 Å². The second kappa shape index (κ2) is 10.6. The van der Waals surface area contributed by atoms with Crippen LogP contribution in [0.5, 0.6) is 5.75 Å². The lowest BCUT2D eigenvalue weighted by Crippen LogP contribution is -2.14. The lowest BCUT2D eigenvalue weighted by atomic mass is 10.1. The minimum atomic E-state index is -0.116. The van der Waals surface area contributed by atoms with Gasteiger partial charge in [0.2, 0.25) is 5.91 Å². The Morgan fingerprint density at radius 1 is 1.05 bits per heavy atom. The molecule has 3 aromatic carbocycles. The Kier molecular flexibility index (Phi) is 7.12. The van der Waals surface area contributed by atoms with Gasteiger partial charge in [0.15, 0.2) is 5.65 Å². The summed E-state index contributed by atoms with van der Waals surface area (Å²) in [5, 5.41) is 21.8. The number of anilines is 2. The Balaban J connectivity index is 1.33. The molecule has 0 aliphatic heterocycles. The molecule has 9 heteroatoms. The maximum atomic E-state index is 12.6. The van der Waals surface area contributed by atoms with E-state index < -0.39 is 0 Å². The van der Waals surface area contributed by atoms with Gasteiger partial charge >= 0.3 is 0 Å². The number of rotatable bonds is 7. The molecule has 0 fully saturated rings. The van der Waals surface area contributed by atoms with E-state index in [4.69, 9.17) is 11.6 Å². The molecule has 5 aromatic rings. The van der Waals surface area contributed by atoms with Crippen molar-refractivity contribution in [2.45, 2.75) is 19.9 Å². The monoisotopic (exact) mass is 575 g/mol. The Morgan fingerprint density at radius 3 is 2.70 bits per heavy atom. The number of hydrogen-bond acceptors (Lipinski definition) is 5. The van der Waals surface area contributed by atoms with Crippen LogP contribution in [0.25, 0.3) is 16.9 Å². The van der Waals surface area contributed by atoms with E-state index >= 15 is 0 Å². The molecule has 0 bridgehead atoms. The van der Waals surface area contributed by atoms with E-state index in [1.165, 1.54) is 0 Å². The highest BCUT2D eigenvalue weighted by Crippen LogP contribution is 2.31. The minimum absolute atomic E-state index is 0.116. The van der Waals surface area contributed by atoms with Gasteiger partial charge in [-0.1, -0.05) is 48.0 Å². The number of carbonyl (C=O) groups is 1. The van der Waals surface area contributed by atoms with E-state index in [1.54, 1.807) is 22.8 Å². The summed E-state index contributed by atoms with van der Waals surface area (Å²) < 4.78 is 2.44. The zero-order chi connectivity index (χ0) is 25.9. The van der Waals surface area contributed by atoms with Crippen LogP contribution in [0, 0.1) is 6.92 Å². The molecule has 37 heavy (non-hydrogen) atoms. The second-order valence-corrected chi connectivity index (χ2v) is 9.90. The predicted octanol–water partition coefficient (Wildman–Crippen LogP) is 6.62. The van der Waals surface area contributed by atoms with Gasteiger partial charge in [0.1, 0.15) is 11.6 Å². The Morgan fingerprint density at radius 2 is 1.89 bits per heavy atom. The summed E-state index contributed by atoms with van der Waals surface area (Å²) in [6.07, 6.45) is 1.92. The van der Waals surface area contributed by atoms with Gasteiger partial charge in [-0.25, -0.2) is 4.98 Å². The number of phenols is 1. The molecule has 0 saturated carbocycles. The number of aryl methyl sites for hydroxylation is 1. The van der Waals surface area contributed by atoms with Crippen LogP contribution in [0.4, 0.5) is 11.5 Å². The average Bonchev–Trinajstić information content (AvgIpc) is 3.26. The maximum absolute atomic E-state index is 12.6. The smallest absolute Gasteiger partial charge is 0.228 e. The molecule has 2 heterocycles. The van der Waals surface area contributed by atoms with E-state index in [2.05, 4.69) is 36.6 Å². The highest BCUT2D eigenvalue weighted by Gasteiger charge is 2.14. The van der Waals surface area contributed by atoms with Gasteiger partial charge < -0.3 is 15.7 Å². The van der Waals surface area contributed by atoms with Crippen molar-refractivity contribution in [3.8, 4) is 17.0 Å². The third-order valence-electron chi connectivity index (χ3n) is 5.89. The summed E-state index contributed by atoms with van der Waals surface area (Å²) in [5.41, 5.74) is 5.38. The normalized spacial score (nSPS) is 11.0. The van der Waals surface area contributed by atoms with Crippen LogP contribution in [0.1, 0.15) is 16.7 Å². The number of amides is 1. The molecular formula is C28H23BrClN5O2. The van der Waals surface area contributed by atoms with Gasteiger partial charge in [-0.2, -0.15) is 9.61 Å². The fraction of sp³-hybridized carbons (Fsp3) is 0.107. The van der Waals surface area contributed by atoms with Crippen LogP contribution in [0.3, 0.4) is 0 Å². The highest BCUT2D eigenvalue weighted by atomic mass is 79.9. The van der Waals surface area contributed by atoms with Crippen molar-refractivity contribution in [1.82, 2.24) is 14.6 Å². The van der Waals surface area contributed by atoms with Crippen LogP contribution in [-0.4, -0.2) is 25.6 Å². The van der Waals surface area contributed by atoms with Gasteiger partial charge in [-0.05, 0) is 69.9 Å². The van der Waals surface area contributed by atoms with Gasteiger partial charge in [-0.15, -0.1) is 0 Å². The number of nitrogens with one attached hydrogen (secondary N) is 2. The number of halogens is 2. The van der Waals surface area contributed by atoms with Crippen LogP contribution in [0.2, 0.25) is 5.02 Å². The fourth-order valence-corrected chi connectivity index (χ4v) is 4.53. The molecule has 0 saturated heterocycles. The number of hydrogen-bond donors (Lipinski definition) is 3. The second-order valence-electron chi connectivity index (χ2n) is 8.63. The molecule has 0 unspecified atom stereocenters. The van der Waals surface area contributed by atoms with Crippen molar-refractivity contribution in [1.29, 1.82) is 0 Å². The first-order valence-electron chi connectivity index (χ1n) is 11.6. The molecule has 0 atom stereocenters. The van der Waals surface area contributed by atoms with Crippen molar-refractivity contribution in [2.75, 3.05) is 10.6 Å². The third-order valence-corrected chi connectivity index (χ3v) is 6.86. The number of nitrogens with zero attached hydrogens (tertiary/aromatic N) is 3. The first-order chi connectivity index (χ1) is 17.9. The standard InChI is InChI=1S/C28H23BrClN5O2/c1-17-9-10-18(12-23(17)30)13-27(37)33-20-6-4-5-19(11-20)15-31-26-14-24(21-7-2-3-8-25(21)36)34-28-22(29)16-32-35(26)28/h2-12,14,16,31,36H,13,15H2,1H3,(H,33,37). The Bertz CT molecular complexity index is 1620. The molecule has 7 nitrogen and oxygen atoms in total. The number of carbonyl (C=O) groups excluding carboxylic acids is 1.